The van der Waals surface area contributed by atoms with Crippen molar-refractivity contribution in [2.24, 2.45) is 0 Å². The molecule has 0 radical (unpaired) electrons. The molecular weight excluding hydrogens is 356 g/mol. The topological polar surface area (TPSA) is 80.5 Å². The monoisotopic (exact) mass is 380 g/mol. The number of ether oxygens (including phenoxy) is 1. The second-order valence-corrected chi connectivity index (χ2v) is 7.09. The molecule has 1 saturated heterocycles. The SMILES string of the molecule is COc1ccc2ccccc2c1CNC(=O)N1CCCC(c2nc(C)no2)C1. The zero-order valence-electron chi connectivity index (χ0n) is 16.1. The van der Waals surface area contributed by atoms with E-state index in [1.165, 1.54) is 0 Å². The first-order chi connectivity index (χ1) is 13.7. The Kier molecular flexibility index (Phi) is 5.14. The molecule has 2 amide bonds. The fraction of sp³-hybridized carbons (Fsp3) is 0.381. The van der Waals surface area contributed by atoms with Gasteiger partial charge in [-0.1, -0.05) is 35.5 Å². The number of nitrogens with zero attached hydrogens (tertiary/aromatic N) is 3. The van der Waals surface area contributed by atoms with E-state index in [2.05, 4.69) is 21.5 Å². The van der Waals surface area contributed by atoms with Crippen LogP contribution in [0.5, 0.6) is 5.75 Å². The number of nitrogens with one attached hydrogen (secondary N) is 1. The number of urea groups is 1. The lowest BCUT2D eigenvalue weighted by molar-refractivity contribution is 0.171. The van der Waals surface area contributed by atoms with E-state index >= 15 is 0 Å². The lowest BCUT2D eigenvalue weighted by Crippen LogP contribution is -2.44. The number of aryl methyl sites for hydroxylation is 1. The van der Waals surface area contributed by atoms with Crippen LogP contribution in [-0.4, -0.2) is 41.3 Å². The van der Waals surface area contributed by atoms with Crippen molar-refractivity contribution in [3.63, 3.8) is 0 Å². The lowest BCUT2D eigenvalue weighted by atomic mass is 9.98. The van der Waals surface area contributed by atoms with E-state index in [0.29, 0.717) is 24.8 Å². The smallest absolute Gasteiger partial charge is 0.317 e. The van der Waals surface area contributed by atoms with Crippen LogP contribution in [0.1, 0.15) is 36.0 Å². The minimum Gasteiger partial charge on any atom is -0.496 e. The molecular formula is C21H24N4O3. The molecule has 4 rings (SSSR count). The maximum Gasteiger partial charge on any atom is 0.317 e. The Hall–Kier alpha value is -3.09. The molecule has 146 valence electrons. The summed E-state index contributed by atoms with van der Waals surface area (Å²) in [6.45, 7) is 3.52. The molecule has 0 saturated carbocycles. The fourth-order valence-electron chi connectivity index (χ4n) is 3.81. The van der Waals surface area contributed by atoms with Gasteiger partial charge in [0, 0.05) is 25.2 Å². The van der Waals surface area contributed by atoms with Gasteiger partial charge in [0.1, 0.15) is 5.75 Å². The maximum atomic E-state index is 12.8. The van der Waals surface area contributed by atoms with Gasteiger partial charge >= 0.3 is 6.03 Å². The van der Waals surface area contributed by atoms with Crippen LogP contribution in [0.15, 0.2) is 40.9 Å². The van der Waals surface area contributed by atoms with Gasteiger partial charge in [-0.15, -0.1) is 0 Å². The summed E-state index contributed by atoms with van der Waals surface area (Å²) in [6.07, 6.45) is 1.86. The van der Waals surface area contributed by atoms with Crippen LogP contribution >= 0.6 is 0 Å². The average Bonchev–Trinajstić information content (AvgIpc) is 3.18. The van der Waals surface area contributed by atoms with Gasteiger partial charge < -0.3 is 19.5 Å². The lowest BCUT2D eigenvalue weighted by Gasteiger charge is -2.31. The molecule has 1 atom stereocenters. The van der Waals surface area contributed by atoms with Crippen molar-refractivity contribution in [2.45, 2.75) is 32.2 Å². The van der Waals surface area contributed by atoms with Crippen molar-refractivity contribution in [1.82, 2.24) is 20.4 Å². The molecule has 0 aliphatic carbocycles. The van der Waals surface area contributed by atoms with Crippen molar-refractivity contribution in [3.05, 3.63) is 53.7 Å². The number of benzene rings is 2. The van der Waals surface area contributed by atoms with Crippen LogP contribution in [-0.2, 0) is 6.54 Å². The van der Waals surface area contributed by atoms with Crippen LogP contribution in [0.25, 0.3) is 10.8 Å². The van der Waals surface area contributed by atoms with Gasteiger partial charge in [-0.3, -0.25) is 0 Å². The summed E-state index contributed by atoms with van der Waals surface area (Å²) >= 11 is 0. The molecule has 3 aromatic rings. The van der Waals surface area contributed by atoms with Crippen LogP contribution in [0.3, 0.4) is 0 Å². The minimum absolute atomic E-state index is 0.0871. The van der Waals surface area contributed by atoms with E-state index in [9.17, 15) is 4.79 Å². The number of hydrogen-bond acceptors (Lipinski definition) is 5. The summed E-state index contributed by atoms with van der Waals surface area (Å²) in [5.41, 5.74) is 0.982. The highest BCUT2D eigenvalue weighted by molar-refractivity contribution is 5.88. The first-order valence-electron chi connectivity index (χ1n) is 9.53. The highest BCUT2D eigenvalue weighted by Gasteiger charge is 2.28. The number of carbonyl (C=O) groups excluding carboxylic acids is 1. The quantitative estimate of drug-likeness (QED) is 0.748. The first kappa shape index (κ1) is 18.3. The number of carbonyl (C=O) groups is 1. The van der Waals surface area contributed by atoms with Gasteiger partial charge in [-0.05, 0) is 36.6 Å². The Balaban J connectivity index is 1.46. The average molecular weight is 380 g/mol. The predicted molar refractivity (Wildman–Crippen MR) is 105 cm³/mol. The molecule has 1 N–H and O–H groups in total. The van der Waals surface area contributed by atoms with E-state index in [-0.39, 0.29) is 11.9 Å². The third-order valence-electron chi connectivity index (χ3n) is 5.24. The molecule has 28 heavy (non-hydrogen) atoms. The van der Waals surface area contributed by atoms with Crippen molar-refractivity contribution in [3.8, 4) is 5.75 Å². The summed E-state index contributed by atoms with van der Waals surface area (Å²) in [6, 6.07) is 12.0. The van der Waals surface area contributed by atoms with Crippen LogP contribution in [0.2, 0.25) is 0 Å². The van der Waals surface area contributed by atoms with Crippen molar-refractivity contribution in [2.75, 3.05) is 20.2 Å². The Morgan fingerprint density at radius 2 is 2.18 bits per heavy atom. The van der Waals surface area contributed by atoms with Gasteiger partial charge in [0.2, 0.25) is 5.89 Å². The van der Waals surface area contributed by atoms with E-state index in [1.54, 1.807) is 14.0 Å². The van der Waals surface area contributed by atoms with Gasteiger partial charge in [0.25, 0.3) is 0 Å². The predicted octanol–water partition coefficient (Wildman–Crippen LogP) is 3.63. The molecule has 0 bridgehead atoms. The molecule has 7 nitrogen and oxygen atoms in total. The second kappa shape index (κ2) is 7.88. The van der Waals surface area contributed by atoms with E-state index in [1.807, 2.05) is 35.2 Å². The van der Waals surface area contributed by atoms with Crippen molar-refractivity contribution >= 4 is 16.8 Å². The molecule has 1 aromatic heterocycles. The van der Waals surface area contributed by atoms with Crippen LogP contribution < -0.4 is 10.1 Å². The Morgan fingerprint density at radius 3 is 2.96 bits per heavy atom. The van der Waals surface area contributed by atoms with Gasteiger partial charge in [-0.2, -0.15) is 4.98 Å². The largest absolute Gasteiger partial charge is 0.496 e. The Morgan fingerprint density at radius 1 is 1.32 bits per heavy atom. The number of amides is 2. The van der Waals surface area contributed by atoms with Gasteiger partial charge in [0.15, 0.2) is 5.82 Å². The summed E-state index contributed by atoms with van der Waals surface area (Å²) < 4.78 is 10.8. The molecule has 1 unspecified atom stereocenters. The molecule has 2 aromatic carbocycles. The molecule has 1 aliphatic rings. The van der Waals surface area contributed by atoms with Crippen LogP contribution in [0.4, 0.5) is 4.79 Å². The third-order valence-corrected chi connectivity index (χ3v) is 5.24. The van der Waals surface area contributed by atoms with Gasteiger partial charge in [-0.25, -0.2) is 4.79 Å². The number of hydrogen-bond donors (Lipinski definition) is 1. The normalized spacial score (nSPS) is 16.9. The maximum absolute atomic E-state index is 12.8. The van der Waals surface area contributed by atoms with Crippen LogP contribution in [0, 0.1) is 6.92 Å². The molecule has 1 aliphatic heterocycles. The highest BCUT2D eigenvalue weighted by Crippen LogP contribution is 2.28. The summed E-state index contributed by atoms with van der Waals surface area (Å²) in [5.74, 6) is 2.11. The number of fused-ring (bicyclic) bond motifs is 1. The highest BCUT2D eigenvalue weighted by atomic mass is 16.5. The second-order valence-electron chi connectivity index (χ2n) is 7.09. The van der Waals surface area contributed by atoms with E-state index in [0.717, 1.165) is 41.5 Å². The Bertz CT molecular complexity index is 985. The van der Waals surface area contributed by atoms with E-state index < -0.39 is 0 Å². The zero-order chi connectivity index (χ0) is 19.5. The Labute approximate surface area is 163 Å². The number of piperidine rings is 1. The molecule has 2 heterocycles. The molecule has 7 heteroatoms. The fourth-order valence-corrected chi connectivity index (χ4v) is 3.81. The van der Waals surface area contributed by atoms with Crippen molar-refractivity contribution in [1.29, 1.82) is 0 Å². The summed E-state index contributed by atoms with van der Waals surface area (Å²) in [7, 11) is 1.65. The van der Waals surface area contributed by atoms with Crippen molar-refractivity contribution < 1.29 is 14.1 Å². The number of likely N-dealkylation sites (tertiary alicyclic amines) is 1. The molecule has 1 fully saturated rings. The first-order valence-corrected chi connectivity index (χ1v) is 9.53. The number of rotatable bonds is 4. The van der Waals surface area contributed by atoms with E-state index in [4.69, 9.17) is 9.26 Å². The molecule has 0 spiro atoms. The third kappa shape index (κ3) is 3.65. The zero-order valence-corrected chi connectivity index (χ0v) is 16.1. The number of aromatic nitrogens is 2. The minimum atomic E-state index is -0.0871. The summed E-state index contributed by atoms with van der Waals surface area (Å²) in [4.78, 5) is 18.9. The van der Waals surface area contributed by atoms with Gasteiger partial charge in [0.05, 0.1) is 13.0 Å². The summed E-state index contributed by atoms with van der Waals surface area (Å²) in [5, 5.41) is 9.13. The number of methoxy groups -OCH3 is 1. The standard InChI is InChI=1S/C21H24N4O3/c1-14-23-20(28-24-14)16-7-5-11-25(13-16)21(26)22-12-18-17-8-4-3-6-15(17)9-10-19(18)27-2/h3-4,6,8-10,16H,5,7,11-13H2,1-2H3,(H,22,26).